The van der Waals surface area contributed by atoms with Crippen molar-refractivity contribution in [3.63, 3.8) is 0 Å². The van der Waals surface area contributed by atoms with Crippen molar-refractivity contribution in [2.45, 2.75) is 46.6 Å². The molecule has 0 saturated carbocycles. The van der Waals surface area contributed by atoms with E-state index in [4.69, 9.17) is 0 Å². The first kappa shape index (κ1) is 19.7. The predicted octanol–water partition coefficient (Wildman–Crippen LogP) is 1.50. The second-order valence-electron chi connectivity index (χ2n) is 8.59. The second kappa shape index (κ2) is 8.63. The van der Waals surface area contributed by atoms with Gasteiger partial charge in [0, 0.05) is 45.3 Å². The van der Waals surface area contributed by atoms with Crippen molar-refractivity contribution in [1.29, 1.82) is 0 Å². The Kier molecular flexibility index (Phi) is 7.08. The predicted molar refractivity (Wildman–Crippen MR) is 100 cm³/mol. The third-order valence-corrected chi connectivity index (χ3v) is 5.76. The number of nitrogens with zero attached hydrogens (tertiary/aromatic N) is 3. The molecule has 1 N–H and O–H groups in total. The van der Waals surface area contributed by atoms with Gasteiger partial charge in [-0.3, -0.25) is 9.69 Å². The van der Waals surface area contributed by atoms with Crippen molar-refractivity contribution in [1.82, 2.24) is 20.0 Å². The lowest BCUT2D eigenvalue weighted by molar-refractivity contribution is -0.136. The van der Waals surface area contributed by atoms with E-state index in [0.717, 1.165) is 65.2 Å². The van der Waals surface area contributed by atoms with Crippen molar-refractivity contribution in [2.75, 3.05) is 59.4 Å². The Balaban J connectivity index is 2.02. The molecule has 2 fully saturated rings. The summed E-state index contributed by atoms with van der Waals surface area (Å²) in [6.45, 7) is 17.0. The average molecular weight is 339 g/mol. The number of carbonyl (C=O) groups is 1. The van der Waals surface area contributed by atoms with Crippen LogP contribution in [0.1, 0.15) is 40.5 Å². The molecule has 0 aliphatic carbocycles. The molecule has 2 rings (SSSR count). The van der Waals surface area contributed by atoms with E-state index in [-0.39, 0.29) is 5.41 Å². The molecule has 1 amide bonds. The van der Waals surface area contributed by atoms with Crippen LogP contribution < -0.4 is 5.32 Å². The molecule has 5 heteroatoms. The minimum atomic E-state index is -0.198. The minimum Gasteiger partial charge on any atom is -0.355 e. The maximum atomic E-state index is 13.1. The van der Waals surface area contributed by atoms with E-state index in [9.17, 15) is 4.79 Å². The van der Waals surface area contributed by atoms with Crippen LogP contribution in [-0.4, -0.2) is 86.1 Å². The van der Waals surface area contributed by atoms with Gasteiger partial charge in [-0.25, -0.2) is 0 Å². The highest BCUT2D eigenvalue weighted by Crippen LogP contribution is 2.34. The molecule has 2 heterocycles. The van der Waals surface area contributed by atoms with E-state index in [1.165, 1.54) is 0 Å². The van der Waals surface area contributed by atoms with Gasteiger partial charge in [0.15, 0.2) is 0 Å². The molecule has 2 aliphatic rings. The summed E-state index contributed by atoms with van der Waals surface area (Å²) in [5, 5.41) is 3.24. The van der Waals surface area contributed by atoms with Crippen molar-refractivity contribution in [2.24, 2.45) is 11.3 Å². The first-order valence-electron chi connectivity index (χ1n) is 9.75. The average Bonchev–Trinajstić information content (AvgIpc) is 2.55. The quantitative estimate of drug-likeness (QED) is 0.797. The SMILES string of the molecule is CC(C)CNC(=O)C1(CN2CCN(C)CC2)CCN(C(C)C)CC1. The summed E-state index contributed by atoms with van der Waals surface area (Å²) >= 11 is 0. The monoisotopic (exact) mass is 338 g/mol. The summed E-state index contributed by atoms with van der Waals surface area (Å²) in [4.78, 5) is 20.5. The summed E-state index contributed by atoms with van der Waals surface area (Å²) in [6, 6.07) is 0.574. The molecule has 24 heavy (non-hydrogen) atoms. The van der Waals surface area contributed by atoms with E-state index in [2.05, 4.69) is 54.8 Å². The topological polar surface area (TPSA) is 38.8 Å². The largest absolute Gasteiger partial charge is 0.355 e. The lowest BCUT2D eigenvalue weighted by Gasteiger charge is -2.45. The Morgan fingerprint density at radius 3 is 2.08 bits per heavy atom. The van der Waals surface area contributed by atoms with Gasteiger partial charge in [0.05, 0.1) is 5.41 Å². The minimum absolute atomic E-state index is 0.198. The van der Waals surface area contributed by atoms with Crippen molar-refractivity contribution in [3.8, 4) is 0 Å². The molecule has 0 radical (unpaired) electrons. The summed E-state index contributed by atoms with van der Waals surface area (Å²) in [6.07, 6.45) is 1.98. The van der Waals surface area contributed by atoms with Crippen LogP contribution >= 0.6 is 0 Å². The first-order valence-corrected chi connectivity index (χ1v) is 9.75. The fourth-order valence-corrected chi connectivity index (χ4v) is 3.84. The molecule has 2 saturated heterocycles. The van der Waals surface area contributed by atoms with Crippen molar-refractivity contribution < 1.29 is 4.79 Å². The molecule has 0 bridgehead atoms. The van der Waals surface area contributed by atoms with Crippen molar-refractivity contribution in [3.05, 3.63) is 0 Å². The molecule has 5 nitrogen and oxygen atoms in total. The number of piperidine rings is 1. The Morgan fingerprint density at radius 2 is 1.58 bits per heavy atom. The summed E-state index contributed by atoms with van der Waals surface area (Å²) in [7, 11) is 2.18. The van der Waals surface area contributed by atoms with Crippen LogP contribution in [0.4, 0.5) is 0 Å². The van der Waals surface area contributed by atoms with E-state index >= 15 is 0 Å². The molecule has 0 spiro atoms. The van der Waals surface area contributed by atoms with Crippen LogP contribution in [0.2, 0.25) is 0 Å². The molecule has 0 unspecified atom stereocenters. The molecular formula is C19H38N4O. The Hall–Kier alpha value is -0.650. The number of piperazine rings is 1. The third-order valence-electron chi connectivity index (χ3n) is 5.76. The van der Waals surface area contributed by atoms with Gasteiger partial charge in [0.25, 0.3) is 0 Å². The molecule has 0 aromatic carbocycles. The number of likely N-dealkylation sites (N-methyl/N-ethyl adjacent to an activating group) is 1. The smallest absolute Gasteiger partial charge is 0.227 e. The number of likely N-dealkylation sites (tertiary alicyclic amines) is 1. The first-order chi connectivity index (χ1) is 11.3. The van der Waals surface area contributed by atoms with E-state index in [1.54, 1.807) is 0 Å². The highest BCUT2D eigenvalue weighted by Gasteiger charge is 2.43. The van der Waals surface area contributed by atoms with Crippen LogP contribution in [0.25, 0.3) is 0 Å². The lowest BCUT2D eigenvalue weighted by Crippen LogP contribution is -2.57. The molecular weight excluding hydrogens is 300 g/mol. The van der Waals surface area contributed by atoms with Crippen LogP contribution in [0.15, 0.2) is 0 Å². The number of rotatable bonds is 6. The van der Waals surface area contributed by atoms with Gasteiger partial charge in [0.1, 0.15) is 0 Å². The lowest BCUT2D eigenvalue weighted by atomic mass is 9.76. The number of nitrogens with one attached hydrogen (secondary N) is 1. The normalized spacial score (nSPS) is 23.8. The van der Waals surface area contributed by atoms with Gasteiger partial charge in [-0.1, -0.05) is 13.8 Å². The maximum Gasteiger partial charge on any atom is 0.227 e. The zero-order chi connectivity index (χ0) is 17.7. The Bertz CT molecular complexity index is 394. The molecule has 0 aromatic rings. The summed E-state index contributed by atoms with van der Waals surface area (Å²) < 4.78 is 0. The number of hydrogen-bond donors (Lipinski definition) is 1. The maximum absolute atomic E-state index is 13.1. The summed E-state index contributed by atoms with van der Waals surface area (Å²) in [5.41, 5.74) is -0.198. The van der Waals surface area contributed by atoms with Crippen LogP contribution in [0, 0.1) is 11.3 Å². The Morgan fingerprint density at radius 1 is 1.00 bits per heavy atom. The molecule has 0 aromatic heterocycles. The van der Waals surface area contributed by atoms with Crippen LogP contribution in [0.3, 0.4) is 0 Å². The third kappa shape index (κ3) is 5.17. The van der Waals surface area contributed by atoms with E-state index in [1.807, 2.05) is 0 Å². The van der Waals surface area contributed by atoms with E-state index < -0.39 is 0 Å². The van der Waals surface area contributed by atoms with Gasteiger partial charge in [0.2, 0.25) is 5.91 Å². The van der Waals surface area contributed by atoms with Crippen LogP contribution in [-0.2, 0) is 4.79 Å². The fraction of sp³-hybridized carbons (Fsp3) is 0.947. The Labute approximate surface area is 148 Å². The van der Waals surface area contributed by atoms with E-state index in [0.29, 0.717) is 17.9 Å². The zero-order valence-electron chi connectivity index (χ0n) is 16.5. The highest BCUT2D eigenvalue weighted by atomic mass is 16.2. The molecule has 140 valence electrons. The van der Waals surface area contributed by atoms with Gasteiger partial charge in [-0.15, -0.1) is 0 Å². The fourth-order valence-electron chi connectivity index (χ4n) is 3.84. The highest BCUT2D eigenvalue weighted by molar-refractivity contribution is 5.83. The van der Waals surface area contributed by atoms with Gasteiger partial charge < -0.3 is 15.1 Å². The standard InChI is InChI=1S/C19H38N4O/c1-16(2)14-20-18(24)19(6-8-23(9-7-19)17(3)4)15-22-12-10-21(5)11-13-22/h16-17H,6-15H2,1-5H3,(H,20,24). The van der Waals surface area contributed by atoms with Gasteiger partial charge in [-0.05, 0) is 52.7 Å². The van der Waals surface area contributed by atoms with Crippen molar-refractivity contribution >= 4 is 5.91 Å². The number of amides is 1. The zero-order valence-corrected chi connectivity index (χ0v) is 16.5. The second-order valence-corrected chi connectivity index (χ2v) is 8.59. The van der Waals surface area contributed by atoms with Gasteiger partial charge in [-0.2, -0.15) is 0 Å². The molecule has 2 aliphatic heterocycles. The van der Waals surface area contributed by atoms with Crippen LogP contribution in [0.5, 0.6) is 0 Å². The number of hydrogen-bond acceptors (Lipinski definition) is 4. The summed E-state index contributed by atoms with van der Waals surface area (Å²) in [5.74, 6) is 0.795. The van der Waals surface area contributed by atoms with Gasteiger partial charge >= 0.3 is 0 Å². The number of carbonyl (C=O) groups excluding carboxylic acids is 1. The molecule has 0 atom stereocenters.